The predicted octanol–water partition coefficient (Wildman–Crippen LogP) is 4.86. The first-order valence-electron chi connectivity index (χ1n) is 8.92. The largest absolute Gasteiger partial charge is 0.351 e. The molecule has 0 aliphatic rings. The minimum atomic E-state index is -0.309. The molecule has 6 nitrogen and oxygen atoms in total. The maximum atomic E-state index is 12.2. The monoisotopic (exact) mass is 386 g/mol. The van der Waals surface area contributed by atoms with Crippen LogP contribution in [0.5, 0.6) is 0 Å². The summed E-state index contributed by atoms with van der Waals surface area (Å²) in [5.74, 6) is 0. The number of hydrogen-bond donors (Lipinski definition) is 4. The number of benzene rings is 1. The van der Waals surface area contributed by atoms with E-state index in [-0.39, 0.29) is 6.03 Å². The molecule has 2 aromatic heterocycles. The first kappa shape index (κ1) is 20.7. The maximum absolute atomic E-state index is 12.2. The van der Waals surface area contributed by atoms with Gasteiger partial charge in [0.2, 0.25) is 0 Å². The number of aryl methyl sites for hydroxylation is 1. The molecule has 0 saturated heterocycles. The molecule has 0 aliphatic carbocycles. The molecule has 2 amide bonds. The van der Waals surface area contributed by atoms with Crippen LogP contribution in [0.1, 0.15) is 35.0 Å². The number of amides is 2. The van der Waals surface area contributed by atoms with Gasteiger partial charge in [0.25, 0.3) is 0 Å². The molecule has 27 heavy (non-hydrogen) atoms. The van der Waals surface area contributed by atoms with Crippen molar-refractivity contribution in [2.45, 2.75) is 26.2 Å². The highest BCUT2D eigenvalue weighted by Gasteiger charge is 2.11. The summed E-state index contributed by atoms with van der Waals surface area (Å²) in [6.45, 7) is 2.17. The number of aromatic nitrogens is 1. The van der Waals surface area contributed by atoms with Gasteiger partial charge >= 0.3 is 6.03 Å². The Kier molecular flexibility index (Phi) is 8.03. The molecule has 144 valence electrons. The molecule has 0 saturated carbocycles. The summed E-state index contributed by atoms with van der Waals surface area (Å²) in [5, 5.41) is 9.22. The van der Waals surface area contributed by atoms with Gasteiger partial charge in [0.15, 0.2) is 6.29 Å². The first-order chi connectivity index (χ1) is 13.1. The van der Waals surface area contributed by atoms with E-state index in [1.54, 1.807) is 12.3 Å². The third kappa shape index (κ3) is 5.94. The number of H-pyrrole nitrogens is 1. The molecule has 0 aliphatic heterocycles. The second-order valence-corrected chi connectivity index (χ2v) is 7.18. The normalized spacial score (nSPS) is 10.2. The minimum absolute atomic E-state index is 0.309. The number of fused-ring (bicyclic) bond motifs is 1. The fourth-order valence-corrected chi connectivity index (χ4v) is 3.37. The van der Waals surface area contributed by atoms with Crippen LogP contribution in [0.4, 0.5) is 16.2 Å². The topological polar surface area (TPSA) is 86.0 Å². The van der Waals surface area contributed by atoms with Crippen molar-refractivity contribution in [1.29, 1.82) is 0 Å². The Morgan fingerprint density at radius 1 is 1.19 bits per heavy atom. The van der Waals surface area contributed by atoms with E-state index in [2.05, 4.69) is 27.9 Å². The van der Waals surface area contributed by atoms with Crippen LogP contribution in [0.3, 0.4) is 0 Å². The van der Waals surface area contributed by atoms with Gasteiger partial charge in [-0.25, -0.2) is 4.79 Å². The first-order valence-corrected chi connectivity index (χ1v) is 9.74. The molecule has 4 N–H and O–H groups in total. The van der Waals surface area contributed by atoms with Crippen LogP contribution in [-0.2, 0) is 6.42 Å². The highest BCUT2D eigenvalue weighted by Crippen LogP contribution is 2.30. The zero-order valence-corrected chi connectivity index (χ0v) is 16.7. The van der Waals surface area contributed by atoms with Crippen molar-refractivity contribution in [3.8, 4) is 0 Å². The van der Waals surface area contributed by atoms with Crippen molar-refractivity contribution in [3.05, 3.63) is 47.0 Å². The molecular weight excluding hydrogens is 360 g/mol. The second-order valence-electron chi connectivity index (χ2n) is 6.09. The van der Waals surface area contributed by atoms with Crippen LogP contribution < -0.4 is 16.0 Å². The third-order valence-corrected chi connectivity index (χ3v) is 4.78. The van der Waals surface area contributed by atoms with E-state index in [9.17, 15) is 9.59 Å². The second kappa shape index (κ2) is 10.5. The molecule has 0 radical (unpaired) electrons. The van der Waals surface area contributed by atoms with Gasteiger partial charge < -0.3 is 20.9 Å². The van der Waals surface area contributed by atoms with E-state index in [0.29, 0.717) is 10.6 Å². The fraction of sp³-hybridized carbons (Fsp3) is 0.300. The molecule has 0 atom stereocenters. The van der Waals surface area contributed by atoms with Crippen LogP contribution in [0.25, 0.3) is 10.2 Å². The molecule has 2 heterocycles. The van der Waals surface area contributed by atoms with Crippen LogP contribution in [-0.4, -0.2) is 31.4 Å². The van der Waals surface area contributed by atoms with E-state index in [0.717, 1.165) is 28.6 Å². The van der Waals surface area contributed by atoms with E-state index in [1.807, 2.05) is 38.4 Å². The smallest absolute Gasteiger partial charge is 0.323 e. The van der Waals surface area contributed by atoms with Gasteiger partial charge in [-0.2, -0.15) is 0 Å². The summed E-state index contributed by atoms with van der Waals surface area (Å²) < 4.78 is 0. The molecule has 0 spiro atoms. The Hall–Kier alpha value is -2.64. The molecule has 7 heteroatoms. The zero-order valence-electron chi connectivity index (χ0n) is 15.9. The number of urea groups is 1. The van der Waals surface area contributed by atoms with Gasteiger partial charge in [-0.3, -0.25) is 4.79 Å². The third-order valence-electron chi connectivity index (χ3n) is 3.78. The number of unbranched alkanes of at least 4 members (excludes halogenated alkanes) is 1. The summed E-state index contributed by atoms with van der Waals surface area (Å²) in [5.41, 5.74) is 2.68. The van der Waals surface area contributed by atoms with E-state index < -0.39 is 0 Å². The lowest BCUT2D eigenvalue weighted by molar-refractivity contribution is 0.112. The number of carbonyl (C=O) groups excluding carboxylic acids is 2. The van der Waals surface area contributed by atoms with Crippen molar-refractivity contribution in [2.75, 3.05) is 24.7 Å². The van der Waals surface area contributed by atoms with Gasteiger partial charge in [-0.15, -0.1) is 11.3 Å². The van der Waals surface area contributed by atoms with Gasteiger partial charge in [-0.1, -0.05) is 25.5 Å². The standard InChI is InChI=1S/C18H19N3O2S.C2H7N/c1-2-3-4-12-5-7-13(8-6-12)20-18(23)21-16-10-19-17-15(16)9-14(11-22)24-17;1-3-2/h5-11,19H,2-4H2,1H3,(H2,20,21,23);3H,1-2H3. The number of aromatic amines is 1. The number of carbonyl (C=O) groups is 2. The molecule has 0 bridgehead atoms. The molecule has 3 aromatic rings. The predicted molar refractivity (Wildman–Crippen MR) is 114 cm³/mol. The Balaban J connectivity index is 0.000000817. The van der Waals surface area contributed by atoms with Crippen molar-refractivity contribution in [2.24, 2.45) is 0 Å². The highest BCUT2D eigenvalue weighted by molar-refractivity contribution is 7.20. The Bertz CT molecular complexity index is 868. The van der Waals surface area contributed by atoms with Crippen LogP contribution in [0.15, 0.2) is 36.5 Å². The van der Waals surface area contributed by atoms with Crippen LogP contribution in [0.2, 0.25) is 0 Å². The average molecular weight is 387 g/mol. The highest BCUT2D eigenvalue weighted by atomic mass is 32.1. The van der Waals surface area contributed by atoms with Gasteiger partial charge in [0.05, 0.1) is 10.6 Å². The van der Waals surface area contributed by atoms with Crippen LogP contribution >= 0.6 is 11.3 Å². The molecule has 0 fully saturated rings. The summed E-state index contributed by atoms with van der Waals surface area (Å²) in [6, 6.07) is 9.35. The number of nitrogens with one attached hydrogen (secondary N) is 4. The number of hydrogen-bond acceptors (Lipinski definition) is 4. The van der Waals surface area contributed by atoms with E-state index in [4.69, 9.17) is 0 Å². The number of thiophene rings is 1. The lowest BCUT2D eigenvalue weighted by Crippen LogP contribution is -2.19. The zero-order chi connectivity index (χ0) is 19.6. The van der Waals surface area contributed by atoms with Crippen molar-refractivity contribution >= 4 is 45.2 Å². The lowest BCUT2D eigenvalue weighted by Gasteiger charge is -2.07. The van der Waals surface area contributed by atoms with Crippen molar-refractivity contribution in [1.82, 2.24) is 10.3 Å². The van der Waals surface area contributed by atoms with E-state index >= 15 is 0 Å². The summed E-state index contributed by atoms with van der Waals surface area (Å²) >= 11 is 1.36. The Morgan fingerprint density at radius 2 is 1.89 bits per heavy atom. The number of rotatable bonds is 6. The molecular formula is C20H26N4O2S. The lowest BCUT2D eigenvalue weighted by atomic mass is 10.1. The summed E-state index contributed by atoms with van der Waals surface area (Å²) in [7, 11) is 3.75. The molecule has 1 aromatic carbocycles. The Morgan fingerprint density at radius 3 is 2.52 bits per heavy atom. The number of anilines is 2. The summed E-state index contributed by atoms with van der Waals surface area (Å²) in [6.07, 6.45) is 5.93. The number of aldehydes is 1. The van der Waals surface area contributed by atoms with Gasteiger partial charge in [0, 0.05) is 17.3 Å². The SMILES string of the molecule is CCCCc1ccc(NC(=O)Nc2c[nH]c3sc(C=O)cc23)cc1.CNC. The maximum Gasteiger partial charge on any atom is 0.323 e. The molecule has 0 unspecified atom stereocenters. The van der Waals surface area contributed by atoms with Gasteiger partial charge in [-0.05, 0) is 50.7 Å². The van der Waals surface area contributed by atoms with Gasteiger partial charge in [0.1, 0.15) is 4.83 Å². The van der Waals surface area contributed by atoms with Crippen molar-refractivity contribution < 1.29 is 9.59 Å². The average Bonchev–Trinajstić information content (AvgIpc) is 3.23. The fourth-order valence-electron chi connectivity index (χ4n) is 2.51. The quantitative estimate of drug-likeness (QED) is 0.456. The van der Waals surface area contributed by atoms with E-state index in [1.165, 1.54) is 29.7 Å². The Labute approximate surface area is 163 Å². The van der Waals surface area contributed by atoms with Crippen LogP contribution in [0, 0.1) is 0 Å². The summed E-state index contributed by atoms with van der Waals surface area (Å²) in [4.78, 5) is 27.5. The van der Waals surface area contributed by atoms with Crippen molar-refractivity contribution in [3.63, 3.8) is 0 Å². The minimum Gasteiger partial charge on any atom is -0.351 e. The molecule has 3 rings (SSSR count).